The second-order valence-electron chi connectivity index (χ2n) is 11.6. The first-order valence-electron chi connectivity index (χ1n) is 13.7. The van der Waals surface area contributed by atoms with Crippen molar-refractivity contribution in [1.82, 2.24) is 0 Å². The smallest absolute Gasteiger partial charge is 0.305 e. The third kappa shape index (κ3) is 10.1. The number of hydrogen-bond donors (Lipinski definition) is 0. The molecule has 1 aliphatic carbocycles. The molecule has 1 heterocycles. The van der Waals surface area contributed by atoms with Crippen LogP contribution in [0.3, 0.4) is 0 Å². The van der Waals surface area contributed by atoms with Gasteiger partial charge in [-0.3, -0.25) is 9.59 Å². The quantitative estimate of drug-likeness (QED) is 0.185. The molecule has 1 aliphatic heterocycles. The number of ether oxygens (including phenoxy) is 4. The third-order valence-electron chi connectivity index (χ3n) is 7.17. The molecule has 0 aromatic heterocycles. The fourth-order valence-electron chi connectivity index (χ4n) is 5.66. The zero-order valence-electron chi connectivity index (χ0n) is 23.2. The van der Waals surface area contributed by atoms with Crippen LogP contribution in [0.5, 0.6) is 0 Å². The van der Waals surface area contributed by atoms with E-state index in [1.165, 1.54) is 14.0 Å². The van der Waals surface area contributed by atoms with Crippen molar-refractivity contribution >= 4 is 21.0 Å². The van der Waals surface area contributed by atoms with E-state index in [1.54, 1.807) is 0 Å². The molecule has 1 saturated carbocycles. The van der Waals surface area contributed by atoms with Gasteiger partial charge >= 0.3 is 11.9 Å². The molecule has 2 rings (SSSR count). The Balaban J connectivity index is 2.20. The second-order valence-corrected chi connectivity index (χ2v) is 14.0. The van der Waals surface area contributed by atoms with Crippen LogP contribution in [0.4, 0.5) is 0 Å². The van der Waals surface area contributed by atoms with E-state index in [0.29, 0.717) is 12.8 Å². The molecule has 2 aliphatic rings. The molecule has 0 bridgehead atoms. The van der Waals surface area contributed by atoms with Gasteiger partial charge < -0.3 is 23.4 Å². The highest BCUT2D eigenvalue weighted by Gasteiger charge is 2.52. The molecule has 6 atom stereocenters. The van der Waals surface area contributed by atoms with Crippen molar-refractivity contribution < 1.29 is 33.0 Å². The highest BCUT2D eigenvalue weighted by Crippen LogP contribution is 2.47. The van der Waals surface area contributed by atoms with E-state index < -0.39 is 9.04 Å². The van der Waals surface area contributed by atoms with Gasteiger partial charge in [-0.2, -0.15) is 0 Å². The van der Waals surface area contributed by atoms with Crippen LogP contribution in [0.25, 0.3) is 0 Å². The van der Waals surface area contributed by atoms with Crippen LogP contribution in [-0.2, 0) is 33.0 Å². The van der Waals surface area contributed by atoms with Crippen LogP contribution in [0.1, 0.15) is 91.9 Å². The first kappa shape index (κ1) is 30.3. The molecule has 0 N–H and O–H groups in total. The Morgan fingerprint density at radius 1 is 1.06 bits per heavy atom. The summed E-state index contributed by atoms with van der Waals surface area (Å²) in [5, 5.41) is 0. The van der Waals surface area contributed by atoms with Gasteiger partial charge in [0.15, 0.2) is 15.3 Å². The number of carbonyl (C=O) groups excluding carboxylic acids is 2. The number of unbranched alkanes of at least 4 members (excludes halogenated alkanes) is 3. The van der Waals surface area contributed by atoms with Crippen LogP contribution >= 0.6 is 0 Å². The summed E-state index contributed by atoms with van der Waals surface area (Å²) in [6.07, 6.45) is 8.66. The predicted molar refractivity (Wildman–Crippen MR) is 139 cm³/mol. The molecule has 204 valence electrons. The van der Waals surface area contributed by atoms with Crippen molar-refractivity contribution in [2.45, 2.75) is 130 Å². The minimum absolute atomic E-state index is 0.0210. The van der Waals surface area contributed by atoms with Gasteiger partial charge in [0.2, 0.25) is 0 Å². The van der Waals surface area contributed by atoms with Crippen LogP contribution in [-0.4, -0.2) is 59.3 Å². The summed E-state index contributed by atoms with van der Waals surface area (Å²) in [5.74, 6) is -0.0819. The number of esters is 2. The molecule has 35 heavy (non-hydrogen) atoms. The second kappa shape index (κ2) is 14.7. The Morgan fingerprint density at radius 3 is 2.34 bits per heavy atom. The van der Waals surface area contributed by atoms with E-state index in [2.05, 4.69) is 33.9 Å². The lowest BCUT2D eigenvalue weighted by atomic mass is 9.74. The number of rotatable bonds is 13. The lowest BCUT2D eigenvalue weighted by Crippen LogP contribution is -2.47. The first-order valence-corrected chi connectivity index (χ1v) is 16.5. The Bertz CT molecular complexity index is 642. The maximum absolute atomic E-state index is 12.0. The minimum atomic E-state index is -1.33. The molecule has 8 heteroatoms. The molecule has 0 spiro atoms. The van der Waals surface area contributed by atoms with E-state index in [0.717, 1.165) is 58.0 Å². The Kier molecular flexibility index (Phi) is 12.7. The molecular formula is C27H50O7Si. The summed E-state index contributed by atoms with van der Waals surface area (Å²) >= 11 is 0. The van der Waals surface area contributed by atoms with E-state index in [9.17, 15) is 9.59 Å². The summed E-state index contributed by atoms with van der Waals surface area (Å²) in [7, 11) is 0.106. The molecule has 0 aromatic rings. The van der Waals surface area contributed by atoms with Crippen LogP contribution in [0, 0.1) is 17.3 Å². The monoisotopic (exact) mass is 514 g/mol. The molecule has 2 fully saturated rings. The topological polar surface area (TPSA) is 80.3 Å². The van der Waals surface area contributed by atoms with Gasteiger partial charge in [-0.15, -0.1) is 0 Å². The summed E-state index contributed by atoms with van der Waals surface area (Å²) < 4.78 is 29.9. The van der Waals surface area contributed by atoms with Crippen molar-refractivity contribution in [2.75, 3.05) is 13.7 Å². The zero-order chi connectivity index (χ0) is 26.0. The summed E-state index contributed by atoms with van der Waals surface area (Å²) in [5.41, 5.74) is -0.0686. The maximum Gasteiger partial charge on any atom is 0.305 e. The summed E-state index contributed by atoms with van der Waals surface area (Å²) in [4.78, 5) is 23.4. The van der Waals surface area contributed by atoms with Crippen LogP contribution in [0.15, 0.2) is 0 Å². The van der Waals surface area contributed by atoms with Crippen LogP contribution < -0.4 is 0 Å². The molecule has 0 radical (unpaired) electrons. The fraction of sp³-hybridized carbons (Fsp3) is 0.926. The molecule has 7 nitrogen and oxygen atoms in total. The summed E-state index contributed by atoms with van der Waals surface area (Å²) in [6, 6.07) is 0. The number of methoxy groups -OCH3 is 1. The fourth-order valence-corrected chi connectivity index (χ4v) is 6.84. The largest absolute Gasteiger partial charge is 0.469 e. The van der Waals surface area contributed by atoms with Gasteiger partial charge in [-0.05, 0) is 50.6 Å². The molecule has 1 unspecified atom stereocenters. The third-order valence-corrected chi connectivity index (χ3v) is 8.00. The standard InChI is InChI=1S/C27H50O7Si/c1-19(28)32-21-18-22(33-24-16-12-13-17-31-24)25(26(27(2,3)4)34-35(6)7)20(21)14-10-8-9-11-15-23(29)30-5/h20-22,24-26,35H,8-18H2,1-7H3/t20-,21-,22+,24?,25-,26+/m0/s1. The SMILES string of the molecule is COC(=O)CCCCCC[C@@H]1[C@H]([C@@H](O[SiH](C)C)C(C)(C)C)[C@H](OC2CCCCO2)C[C@@H]1OC(C)=O. The zero-order valence-corrected chi connectivity index (χ0v) is 24.3. The van der Waals surface area contributed by atoms with Gasteiger partial charge in [-0.25, -0.2) is 0 Å². The lowest BCUT2D eigenvalue weighted by molar-refractivity contribution is -0.205. The minimum Gasteiger partial charge on any atom is -0.469 e. The molecule has 0 aromatic carbocycles. The average Bonchev–Trinajstić information content (AvgIpc) is 3.09. The highest BCUT2D eigenvalue weighted by molar-refractivity contribution is 6.48. The van der Waals surface area contributed by atoms with Crippen molar-refractivity contribution in [3.63, 3.8) is 0 Å². The highest BCUT2D eigenvalue weighted by atomic mass is 28.3. The van der Waals surface area contributed by atoms with Gasteiger partial charge in [0.1, 0.15) is 6.10 Å². The molecule has 1 saturated heterocycles. The van der Waals surface area contributed by atoms with Gasteiger partial charge in [0.05, 0.1) is 19.3 Å². The molecule has 0 amide bonds. The molecular weight excluding hydrogens is 464 g/mol. The van der Waals surface area contributed by atoms with E-state index in [-0.39, 0.29) is 53.8 Å². The normalized spacial score (nSPS) is 28.2. The van der Waals surface area contributed by atoms with Crippen molar-refractivity contribution in [3.05, 3.63) is 0 Å². The number of carbonyl (C=O) groups is 2. The van der Waals surface area contributed by atoms with E-state index >= 15 is 0 Å². The maximum atomic E-state index is 12.0. The predicted octanol–water partition coefficient (Wildman–Crippen LogP) is 5.39. The Labute approximate surface area is 214 Å². The van der Waals surface area contributed by atoms with Gasteiger partial charge in [0, 0.05) is 38.2 Å². The van der Waals surface area contributed by atoms with Crippen molar-refractivity contribution in [1.29, 1.82) is 0 Å². The lowest BCUT2D eigenvalue weighted by Gasteiger charge is -2.42. The average molecular weight is 515 g/mol. The summed E-state index contributed by atoms with van der Waals surface area (Å²) in [6.45, 7) is 13.4. The Hall–Kier alpha value is -0.963. The van der Waals surface area contributed by atoms with Crippen molar-refractivity contribution in [3.8, 4) is 0 Å². The van der Waals surface area contributed by atoms with Gasteiger partial charge in [0.25, 0.3) is 0 Å². The first-order chi connectivity index (χ1) is 16.5. The van der Waals surface area contributed by atoms with E-state index in [1.807, 2.05) is 0 Å². The van der Waals surface area contributed by atoms with Crippen LogP contribution in [0.2, 0.25) is 13.1 Å². The Morgan fingerprint density at radius 2 is 1.77 bits per heavy atom. The van der Waals surface area contributed by atoms with Gasteiger partial charge in [-0.1, -0.05) is 40.0 Å². The number of hydrogen-bond acceptors (Lipinski definition) is 7. The van der Waals surface area contributed by atoms with Crippen molar-refractivity contribution in [2.24, 2.45) is 17.3 Å². The van der Waals surface area contributed by atoms with E-state index in [4.69, 9.17) is 23.4 Å².